The molecule has 0 aliphatic rings. The maximum Gasteiger partial charge on any atom is 0.510 e. The molecule has 24 nitrogen and oxygen atoms in total. The van der Waals surface area contributed by atoms with Crippen LogP contribution in [0.2, 0.25) is 0 Å². The molecule has 0 saturated carbocycles. The van der Waals surface area contributed by atoms with E-state index in [1.54, 1.807) is 30.3 Å². The Morgan fingerprint density at radius 3 is 2.01 bits per heavy atom. The fraction of sp³-hybridized carbons (Fsp3) is 0.333. The van der Waals surface area contributed by atoms with E-state index in [0.29, 0.717) is 9.87 Å². The fourth-order valence-corrected chi connectivity index (χ4v) is 7.21. The van der Waals surface area contributed by atoms with Crippen LogP contribution in [0.25, 0.3) is 11.6 Å². The smallest absolute Gasteiger partial charge is 0.493 e. The number of carbonyl (C=O) groups excluding carboxylic acids is 2. The Labute approximate surface area is 384 Å². The summed E-state index contributed by atoms with van der Waals surface area (Å²) in [6, 6.07) is 19.9. The summed E-state index contributed by atoms with van der Waals surface area (Å²) in [4.78, 5) is 52.6. The zero-order valence-electron chi connectivity index (χ0n) is 36.8. The highest BCUT2D eigenvalue weighted by molar-refractivity contribution is 7.92. The number of ether oxygens (including phenoxy) is 7. The van der Waals surface area contributed by atoms with E-state index < -0.39 is 56.6 Å². The second kappa shape index (κ2) is 24.2. The van der Waals surface area contributed by atoms with Crippen LogP contribution in [-0.2, 0) is 50.7 Å². The second-order valence-electron chi connectivity index (χ2n) is 14.6. The molecule has 1 unspecified atom stereocenters. The van der Waals surface area contributed by atoms with Crippen LogP contribution in [-0.4, -0.2) is 125 Å². The number of sulfonamides is 1. The van der Waals surface area contributed by atoms with Crippen molar-refractivity contribution >= 4 is 28.0 Å². The summed E-state index contributed by atoms with van der Waals surface area (Å²) in [7, 11) is -3.43. The monoisotopic (exact) mass is 955 g/mol. The molecule has 67 heavy (non-hydrogen) atoms. The molecule has 5 rings (SSSR count). The van der Waals surface area contributed by atoms with E-state index >= 15 is 8.42 Å². The molecule has 1 atom stereocenters. The highest BCUT2D eigenvalue weighted by atomic mass is 32.2. The normalized spacial score (nSPS) is 12.1. The molecule has 0 aliphatic heterocycles. The van der Waals surface area contributed by atoms with Crippen molar-refractivity contribution in [2.45, 2.75) is 50.8 Å². The molecule has 0 saturated heterocycles. The number of rotatable bonds is 24. The van der Waals surface area contributed by atoms with Crippen LogP contribution in [0.15, 0.2) is 96.2 Å². The van der Waals surface area contributed by atoms with Crippen LogP contribution in [0.1, 0.15) is 49.2 Å². The van der Waals surface area contributed by atoms with Crippen molar-refractivity contribution in [1.82, 2.24) is 30.7 Å². The first-order valence-electron chi connectivity index (χ1n) is 20.0. The lowest BCUT2D eigenvalue weighted by Crippen LogP contribution is -2.42. The molecule has 5 aromatic rings. The van der Waals surface area contributed by atoms with Gasteiger partial charge >= 0.3 is 12.1 Å². The maximum absolute atomic E-state index is 15.1. The molecule has 2 heterocycles. The number of benzene rings is 3. The average Bonchev–Trinajstić information content (AvgIpc) is 3.30. The van der Waals surface area contributed by atoms with Crippen molar-refractivity contribution in [3.8, 4) is 34.8 Å². The van der Waals surface area contributed by atoms with Crippen molar-refractivity contribution in [3.63, 3.8) is 0 Å². The molecule has 4 N–H and O–H groups in total. The molecule has 360 valence electrons. The van der Waals surface area contributed by atoms with Gasteiger partial charge in [0.2, 0.25) is 11.6 Å². The minimum Gasteiger partial charge on any atom is -0.493 e. The molecule has 25 heteroatoms. The van der Waals surface area contributed by atoms with Gasteiger partial charge < -0.3 is 33.2 Å². The van der Waals surface area contributed by atoms with Crippen LogP contribution in [0.4, 0.5) is 10.6 Å². The number of aromatic nitrogens is 4. The third-order valence-electron chi connectivity index (χ3n) is 8.92. The van der Waals surface area contributed by atoms with Gasteiger partial charge in [0.25, 0.3) is 15.9 Å². The van der Waals surface area contributed by atoms with Crippen LogP contribution in [0.3, 0.4) is 0 Å². The molecule has 2 aromatic heterocycles. The number of carbonyl (C=O) groups is 2. The van der Waals surface area contributed by atoms with Crippen molar-refractivity contribution in [2.75, 3.05) is 51.1 Å². The Morgan fingerprint density at radius 2 is 1.37 bits per heavy atom. The quantitative estimate of drug-likeness (QED) is 0.0257. The lowest BCUT2D eigenvalue weighted by Gasteiger charge is -2.30. The van der Waals surface area contributed by atoms with E-state index in [0.717, 1.165) is 5.56 Å². The van der Waals surface area contributed by atoms with Gasteiger partial charge in [-0.2, -0.15) is 4.98 Å². The standard InChI is InChI=1S/C42H49N7O17S/c1-28(65-41(51)62-23-21-59-22-26-63-48(52)53)47(67(56,57)32-17-15-31(16-18-32)42(2,3)4)38-35(66-34-10-7-6-9-33(34)58-5)39(46-37(45-38)36-43-19-8-20-44-36)60-24-25-61-40(50)30-13-11-29(12-14-30)27-64-49(54)55/h6-20,28,52-55H,21-27H2,1-5H3. The summed E-state index contributed by atoms with van der Waals surface area (Å²) >= 11 is 0. The van der Waals surface area contributed by atoms with E-state index in [-0.39, 0.29) is 85.3 Å². The van der Waals surface area contributed by atoms with E-state index in [1.807, 2.05) is 20.8 Å². The van der Waals surface area contributed by atoms with Gasteiger partial charge in [0, 0.05) is 12.4 Å². The second-order valence-corrected chi connectivity index (χ2v) is 16.4. The topological polar surface area (TPSA) is 294 Å². The average molecular weight is 956 g/mol. The van der Waals surface area contributed by atoms with Crippen molar-refractivity contribution in [3.05, 3.63) is 108 Å². The molecular weight excluding hydrogens is 907 g/mol. The number of methoxy groups -OCH3 is 1. The maximum atomic E-state index is 15.1. The number of hydrogen-bond acceptors (Lipinski definition) is 23. The van der Waals surface area contributed by atoms with Crippen LogP contribution in [0.5, 0.6) is 23.1 Å². The number of anilines is 1. The largest absolute Gasteiger partial charge is 0.510 e. The summed E-state index contributed by atoms with van der Waals surface area (Å²) < 4.78 is 70.3. The van der Waals surface area contributed by atoms with Gasteiger partial charge in [-0.05, 0) is 65.9 Å². The summed E-state index contributed by atoms with van der Waals surface area (Å²) in [5, 5.41) is 34.0. The summed E-state index contributed by atoms with van der Waals surface area (Å²) in [6.45, 7) is 5.26. The zero-order valence-corrected chi connectivity index (χ0v) is 37.6. The van der Waals surface area contributed by atoms with E-state index in [2.05, 4.69) is 29.6 Å². The van der Waals surface area contributed by atoms with Gasteiger partial charge in [-0.25, -0.2) is 46.9 Å². The molecular formula is C42H49N7O17S. The molecule has 0 radical (unpaired) electrons. The van der Waals surface area contributed by atoms with Gasteiger partial charge in [-0.3, -0.25) is 20.8 Å². The third kappa shape index (κ3) is 14.9. The lowest BCUT2D eigenvalue weighted by molar-refractivity contribution is -0.497. The molecule has 0 fully saturated rings. The first-order chi connectivity index (χ1) is 32.0. The molecule has 0 amide bonds. The predicted octanol–water partition coefficient (Wildman–Crippen LogP) is 5.50. The number of esters is 1. The van der Waals surface area contributed by atoms with Gasteiger partial charge in [0.15, 0.2) is 29.4 Å². The summed E-state index contributed by atoms with van der Waals surface area (Å²) in [5.41, 5.74) is 1.12. The van der Waals surface area contributed by atoms with Gasteiger partial charge in [-0.1, -0.05) is 57.2 Å². The summed E-state index contributed by atoms with van der Waals surface area (Å²) in [5.74, 6) is -2.22. The van der Waals surface area contributed by atoms with E-state index in [4.69, 9.17) is 54.0 Å². The molecule has 0 aliphatic carbocycles. The van der Waals surface area contributed by atoms with E-state index in [1.165, 1.54) is 75.0 Å². The van der Waals surface area contributed by atoms with E-state index in [9.17, 15) is 9.59 Å². The van der Waals surface area contributed by atoms with Crippen LogP contribution >= 0.6 is 0 Å². The summed E-state index contributed by atoms with van der Waals surface area (Å²) in [6.07, 6.45) is -0.277. The van der Waals surface area contributed by atoms with Gasteiger partial charge in [-0.15, -0.1) is 0 Å². The van der Waals surface area contributed by atoms with Crippen molar-refractivity contribution in [1.29, 1.82) is 0 Å². The first-order valence-corrected chi connectivity index (χ1v) is 21.5. The number of para-hydroxylation sites is 2. The minimum atomic E-state index is -4.81. The van der Waals surface area contributed by atoms with Crippen molar-refractivity contribution < 1.29 is 81.7 Å². The Bertz CT molecular complexity index is 2480. The molecule has 3 aromatic carbocycles. The third-order valence-corrected chi connectivity index (χ3v) is 10.8. The lowest BCUT2D eigenvalue weighted by atomic mass is 9.87. The van der Waals surface area contributed by atoms with Crippen LogP contribution < -0.4 is 18.5 Å². The molecule has 0 bridgehead atoms. The van der Waals surface area contributed by atoms with Gasteiger partial charge in [0.05, 0.1) is 54.8 Å². The zero-order chi connectivity index (χ0) is 48.6. The highest BCUT2D eigenvalue weighted by Crippen LogP contribution is 2.44. The SMILES string of the molecule is COc1ccccc1Oc1c(OCCOC(=O)c2ccc(CON(O)O)cc2)nc(-c2ncccn2)nc1N(C(C)OC(=O)OCCOCCON(O)O)S(=O)(=O)c1ccc(C(C)(C)C)cc1. The number of nitrogens with zero attached hydrogens (tertiary/aromatic N) is 7. The minimum absolute atomic E-state index is 0.0466. The Kier molecular flexibility index (Phi) is 18.6. The predicted molar refractivity (Wildman–Crippen MR) is 227 cm³/mol. The Balaban J connectivity index is 1.57. The Hall–Kier alpha value is -6.65. The number of hydrogen-bond donors (Lipinski definition) is 4. The van der Waals surface area contributed by atoms with Gasteiger partial charge in [0.1, 0.15) is 19.8 Å². The van der Waals surface area contributed by atoms with Crippen LogP contribution in [0, 0.1) is 0 Å². The molecule has 0 spiro atoms. The fourth-order valence-electron chi connectivity index (χ4n) is 5.72. The van der Waals surface area contributed by atoms with Crippen molar-refractivity contribution in [2.24, 2.45) is 0 Å². The highest BCUT2D eigenvalue weighted by Gasteiger charge is 2.39. The first kappa shape index (κ1) is 51.3. The Morgan fingerprint density at radius 1 is 0.731 bits per heavy atom.